The van der Waals surface area contributed by atoms with E-state index in [-0.39, 0.29) is 0 Å². The first-order valence-electron chi connectivity index (χ1n) is 8.12. The summed E-state index contributed by atoms with van der Waals surface area (Å²) in [6.45, 7) is 14.5. The molecule has 2 rings (SSSR count). The molecule has 1 heteroatoms. The summed E-state index contributed by atoms with van der Waals surface area (Å²) in [5.74, 6) is 0.659. The highest BCUT2D eigenvalue weighted by Gasteiger charge is 2.38. The minimum absolute atomic E-state index is 0.659. The van der Waals surface area contributed by atoms with Gasteiger partial charge in [0, 0.05) is 0 Å². The van der Waals surface area contributed by atoms with E-state index in [1.54, 1.807) is 27.1 Å². The topological polar surface area (TPSA) is 0 Å². The Kier molecular flexibility index (Phi) is 4.58. The molecule has 0 bridgehead atoms. The molecule has 0 spiro atoms. The summed E-state index contributed by atoms with van der Waals surface area (Å²) in [5.41, 5.74) is 4.74. The summed E-state index contributed by atoms with van der Waals surface area (Å²) in [6.07, 6.45) is 12.4. The number of hydrogen-bond donors (Lipinski definition) is 0. The third-order valence-electron chi connectivity index (χ3n) is 5.62. The van der Waals surface area contributed by atoms with E-state index < -0.39 is 8.07 Å². The van der Waals surface area contributed by atoms with Crippen LogP contribution in [0.4, 0.5) is 0 Å². The molecular weight excluding hydrogens is 256 g/mol. The second-order valence-electron chi connectivity index (χ2n) is 7.06. The monoisotopic (exact) mass is 286 g/mol. The molecule has 0 saturated heterocycles. The van der Waals surface area contributed by atoms with Gasteiger partial charge in [0.2, 0.25) is 0 Å². The van der Waals surface area contributed by atoms with E-state index in [2.05, 4.69) is 59.0 Å². The Morgan fingerprint density at radius 1 is 1.05 bits per heavy atom. The highest BCUT2D eigenvalue weighted by molar-refractivity contribution is 6.91. The maximum absolute atomic E-state index is 2.56. The maximum atomic E-state index is 2.56. The lowest BCUT2D eigenvalue weighted by Crippen LogP contribution is -2.35. The highest BCUT2D eigenvalue weighted by Crippen LogP contribution is 2.44. The van der Waals surface area contributed by atoms with Gasteiger partial charge in [0.1, 0.15) is 8.07 Å². The first-order chi connectivity index (χ1) is 9.37. The minimum atomic E-state index is -1.49. The Bertz CT molecular complexity index is 512. The fourth-order valence-electron chi connectivity index (χ4n) is 4.01. The Hall–Kier alpha value is -0.823. The third-order valence-corrected chi connectivity index (χ3v) is 9.79. The van der Waals surface area contributed by atoms with Crippen molar-refractivity contribution in [3.63, 3.8) is 0 Å². The van der Waals surface area contributed by atoms with E-state index in [4.69, 9.17) is 0 Å². The van der Waals surface area contributed by atoms with E-state index in [1.807, 2.05) is 0 Å². The lowest BCUT2D eigenvalue weighted by atomic mass is 10.1. The smallest absolute Gasteiger partial charge is 0.0846 e. The molecule has 1 unspecified atom stereocenters. The van der Waals surface area contributed by atoms with Crippen LogP contribution in [0, 0.1) is 5.92 Å². The van der Waals surface area contributed by atoms with Crippen molar-refractivity contribution in [2.45, 2.75) is 66.5 Å². The van der Waals surface area contributed by atoms with E-state index in [1.165, 1.54) is 25.7 Å². The molecule has 2 aliphatic rings. The van der Waals surface area contributed by atoms with Crippen LogP contribution in [0.25, 0.3) is 0 Å². The Balaban J connectivity index is 2.40. The minimum Gasteiger partial charge on any atom is -0.0846 e. The summed E-state index contributed by atoms with van der Waals surface area (Å²) in [4.78, 5) is 0. The summed E-state index contributed by atoms with van der Waals surface area (Å²) in [6, 6.07) is 0. The van der Waals surface area contributed by atoms with Crippen molar-refractivity contribution in [1.29, 1.82) is 0 Å². The van der Waals surface area contributed by atoms with Gasteiger partial charge in [-0.15, -0.1) is 0 Å². The van der Waals surface area contributed by atoms with E-state index in [0.717, 1.165) is 0 Å². The van der Waals surface area contributed by atoms with E-state index in [0.29, 0.717) is 5.92 Å². The van der Waals surface area contributed by atoms with Gasteiger partial charge in [-0.2, -0.15) is 0 Å². The maximum Gasteiger partial charge on any atom is 0.104 e. The van der Waals surface area contributed by atoms with Crippen molar-refractivity contribution in [3.8, 4) is 0 Å². The molecule has 0 amide bonds. The normalized spacial score (nSPS) is 29.1. The van der Waals surface area contributed by atoms with Gasteiger partial charge < -0.3 is 0 Å². The zero-order valence-electron chi connectivity index (χ0n) is 14.1. The molecule has 110 valence electrons. The molecule has 1 atom stereocenters. The van der Waals surface area contributed by atoms with Crippen LogP contribution in [0.15, 0.2) is 45.3 Å². The number of hydrogen-bond acceptors (Lipinski definition) is 0. The van der Waals surface area contributed by atoms with Crippen molar-refractivity contribution >= 4 is 8.07 Å². The van der Waals surface area contributed by atoms with Crippen LogP contribution >= 0.6 is 0 Å². The van der Waals surface area contributed by atoms with Gasteiger partial charge in [-0.3, -0.25) is 0 Å². The summed E-state index contributed by atoms with van der Waals surface area (Å²) < 4.78 is 0. The fourth-order valence-corrected chi connectivity index (χ4v) is 8.09. The summed E-state index contributed by atoms with van der Waals surface area (Å²) in [7, 11) is -1.49. The van der Waals surface area contributed by atoms with Crippen LogP contribution in [-0.4, -0.2) is 8.07 Å². The van der Waals surface area contributed by atoms with Crippen molar-refractivity contribution in [1.82, 2.24) is 0 Å². The number of rotatable bonds is 2. The molecule has 0 aromatic heterocycles. The zero-order chi connectivity index (χ0) is 14.9. The average Bonchev–Trinajstić information content (AvgIpc) is 2.53. The average molecular weight is 287 g/mol. The van der Waals surface area contributed by atoms with Crippen LogP contribution < -0.4 is 0 Å². The van der Waals surface area contributed by atoms with E-state index >= 15 is 0 Å². The largest absolute Gasteiger partial charge is 0.104 e. The van der Waals surface area contributed by atoms with Crippen LogP contribution in [0.5, 0.6) is 0 Å². The summed E-state index contributed by atoms with van der Waals surface area (Å²) >= 11 is 0. The highest BCUT2D eigenvalue weighted by atomic mass is 28.3. The predicted molar refractivity (Wildman–Crippen MR) is 93.4 cm³/mol. The van der Waals surface area contributed by atoms with Gasteiger partial charge >= 0.3 is 0 Å². The standard InChI is InChI=1S/C19H30Si/c1-14-15(2)17(4)19(16(14)3)20(5,6)18-12-10-8-7-9-11-13-18/h8,10,12,16H,7,9,11,13H2,1-6H3/b10-8-,18-12+. The molecule has 20 heavy (non-hydrogen) atoms. The lowest BCUT2D eigenvalue weighted by Gasteiger charge is -2.33. The van der Waals surface area contributed by atoms with Crippen LogP contribution in [-0.2, 0) is 0 Å². The van der Waals surface area contributed by atoms with Gasteiger partial charge in [-0.25, -0.2) is 0 Å². The Labute approximate surface area is 126 Å². The van der Waals surface area contributed by atoms with Crippen LogP contribution in [0.2, 0.25) is 13.1 Å². The van der Waals surface area contributed by atoms with Crippen molar-refractivity contribution in [2.75, 3.05) is 0 Å². The Morgan fingerprint density at radius 2 is 1.75 bits per heavy atom. The quantitative estimate of drug-likeness (QED) is 0.535. The van der Waals surface area contributed by atoms with Gasteiger partial charge in [0.15, 0.2) is 0 Å². The molecular formula is C19H30Si. The van der Waals surface area contributed by atoms with E-state index in [9.17, 15) is 0 Å². The predicted octanol–water partition coefficient (Wildman–Crippen LogP) is 6.13. The first-order valence-corrected chi connectivity index (χ1v) is 11.1. The lowest BCUT2D eigenvalue weighted by molar-refractivity contribution is 0.747. The molecule has 0 N–H and O–H groups in total. The van der Waals surface area contributed by atoms with Crippen molar-refractivity contribution in [2.24, 2.45) is 5.92 Å². The molecule has 0 saturated carbocycles. The van der Waals surface area contributed by atoms with Crippen molar-refractivity contribution < 1.29 is 0 Å². The molecule has 0 nitrogen and oxygen atoms in total. The second-order valence-corrected chi connectivity index (χ2v) is 11.5. The zero-order valence-corrected chi connectivity index (χ0v) is 15.1. The third kappa shape index (κ3) is 2.65. The Morgan fingerprint density at radius 3 is 2.35 bits per heavy atom. The number of allylic oxidation sites excluding steroid dienone is 8. The SMILES string of the molecule is CC1=C(C)C(C)C([Si](C)(C)/C2=C/C=C\CCCC2)=C1C. The molecule has 0 aromatic carbocycles. The van der Waals surface area contributed by atoms with Gasteiger partial charge in [0.05, 0.1) is 0 Å². The molecule has 0 heterocycles. The second kappa shape index (κ2) is 5.89. The van der Waals surface area contributed by atoms with Gasteiger partial charge in [0.25, 0.3) is 0 Å². The first kappa shape index (κ1) is 15.6. The van der Waals surface area contributed by atoms with Crippen molar-refractivity contribution in [3.05, 3.63) is 45.3 Å². The van der Waals surface area contributed by atoms with Gasteiger partial charge in [-0.05, 0) is 57.9 Å². The van der Waals surface area contributed by atoms with Gasteiger partial charge in [-0.1, -0.05) is 59.8 Å². The van der Waals surface area contributed by atoms with Crippen LogP contribution in [0.1, 0.15) is 53.4 Å². The summed E-state index contributed by atoms with van der Waals surface area (Å²) in [5, 5.41) is 3.53. The molecule has 0 radical (unpaired) electrons. The molecule has 0 aliphatic heterocycles. The van der Waals surface area contributed by atoms with Crippen LogP contribution in [0.3, 0.4) is 0 Å². The fraction of sp³-hybridized carbons (Fsp3) is 0.579. The molecule has 0 aromatic rings. The molecule has 0 fully saturated rings. The molecule has 2 aliphatic carbocycles.